The van der Waals surface area contributed by atoms with Gasteiger partial charge in [0.1, 0.15) is 15.6 Å². The van der Waals surface area contributed by atoms with E-state index in [1.165, 1.54) is 7.11 Å². The van der Waals surface area contributed by atoms with Gasteiger partial charge in [0.15, 0.2) is 6.61 Å². The number of ether oxygens (including phenoxy) is 2. The van der Waals surface area contributed by atoms with Gasteiger partial charge in [0.2, 0.25) is 0 Å². The van der Waals surface area contributed by atoms with Gasteiger partial charge >= 0.3 is 5.97 Å². The lowest BCUT2D eigenvalue weighted by molar-refractivity contribution is -0.124. The summed E-state index contributed by atoms with van der Waals surface area (Å²) >= 11 is 13.7. The number of thiophene rings is 1. The molecule has 1 heterocycles. The zero-order valence-electron chi connectivity index (χ0n) is 14.3. The Labute approximate surface area is 169 Å². The summed E-state index contributed by atoms with van der Waals surface area (Å²) in [5.41, 5.74) is 0.952. The minimum absolute atomic E-state index is 0.192. The Balaban J connectivity index is 1.65. The number of nitrogens with one attached hydrogen (secondary N) is 1. The predicted molar refractivity (Wildman–Crippen MR) is 107 cm³/mol. The first-order valence-electron chi connectivity index (χ1n) is 7.93. The number of hydrogen-bond acceptors (Lipinski definition) is 5. The molecule has 0 radical (unpaired) electrons. The van der Waals surface area contributed by atoms with Crippen LogP contribution in [0.1, 0.15) is 15.2 Å². The fraction of sp³-hybridized carbons (Fsp3) is 0.158. The number of rotatable bonds is 6. The highest BCUT2D eigenvalue weighted by molar-refractivity contribution is 7.22. The van der Waals surface area contributed by atoms with Crippen molar-refractivity contribution in [2.24, 2.45) is 0 Å². The van der Waals surface area contributed by atoms with E-state index >= 15 is 0 Å². The molecule has 1 N–H and O–H groups in total. The van der Waals surface area contributed by atoms with Crippen LogP contribution in [-0.4, -0.2) is 25.6 Å². The van der Waals surface area contributed by atoms with Gasteiger partial charge in [0, 0.05) is 11.9 Å². The summed E-state index contributed by atoms with van der Waals surface area (Å²) in [6.45, 7) is -0.0381. The van der Waals surface area contributed by atoms with Gasteiger partial charge in [-0.3, -0.25) is 4.79 Å². The number of methoxy groups -OCH3 is 1. The van der Waals surface area contributed by atoms with Gasteiger partial charge in [-0.1, -0.05) is 53.5 Å². The van der Waals surface area contributed by atoms with E-state index < -0.39 is 18.5 Å². The molecule has 0 saturated carbocycles. The van der Waals surface area contributed by atoms with Gasteiger partial charge in [0.25, 0.3) is 5.91 Å². The van der Waals surface area contributed by atoms with Crippen LogP contribution in [-0.2, 0) is 16.1 Å². The number of amides is 1. The Morgan fingerprint density at radius 1 is 1.07 bits per heavy atom. The molecule has 27 heavy (non-hydrogen) atoms. The minimum Gasteiger partial charge on any atom is -0.495 e. The van der Waals surface area contributed by atoms with Gasteiger partial charge < -0.3 is 14.8 Å². The molecule has 0 atom stereocenters. The van der Waals surface area contributed by atoms with Crippen molar-refractivity contribution in [3.05, 3.63) is 63.0 Å². The van der Waals surface area contributed by atoms with Crippen LogP contribution in [0.5, 0.6) is 5.75 Å². The molecule has 0 fully saturated rings. The molecule has 0 saturated heterocycles. The van der Waals surface area contributed by atoms with Crippen LogP contribution in [0.15, 0.2) is 42.5 Å². The molecule has 140 valence electrons. The second kappa shape index (κ2) is 8.61. The summed E-state index contributed by atoms with van der Waals surface area (Å²) < 4.78 is 10.9. The van der Waals surface area contributed by atoms with Crippen molar-refractivity contribution in [2.45, 2.75) is 6.54 Å². The molecule has 8 heteroatoms. The highest BCUT2D eigenvalue weighted by atomic mass is 35.5. The molecule has 3 rings (SSSR count). The van der Waals surface area contributed by atoms with Crippen LogP contribution in [0.3, 0.4) is 0 Å². The Morgan fingerprint density at radius 3 is 2.52 bits per heavy atom. The summed E-state index contributed by atoms with van der Waals surface area (Å²) in [7, 11) is 1.51. The van der Waals surface area contributed by atoms with Gasteiger partial charge in [-0.05, 0) is 17.7 Å². The lowest BCUT2D eigenvalue weighted by atomic mass is 10.2. The standard InChI is InChI=1S/C19H15Cl2NO4S/c1-25-13-8-7-12-15(20)18(27-17(12)16(13)21)19(24)26-10-14(23)22-9-11-5-3-2-4-6-11/h2-8H,9-10H2,1H3,(H,22,23). The zero-order chi connectivity index (χ0) is 19.4. The largest absolute Gasteiger partial charge is 0.495 e. The minimum atomic E-state index is -0.675. The van der Waals surface area contributed by atoms with Crippen molar-refractivity contribution in [3.63, 3.8) is 0 Å². The maximum absolute atomic E-state index is 12.3. The van der Waals surface area contributed by atoms with Crippen LogP contribution in [0, 0.1) is 0 Å². The fourth-order valence-corrected chi connectivity index (χ4v) is 4.19. The van der Waals surface area contributed by atoms with Crippen molar-refractivity contribution in [3.8, 4) is 5.75 Å². The van der Waals surface area contributed by atoms with Crippen molar-refractivity contribution in [2.75, 3.05) is 13.7 Å². The molecule has 0 aliphatic heterocycles. The van der Waals surface area contributed by atoms with E-state index in [1.807, 2.05) is 30.3 Å². The monoisotopic (exact) mass is 423 g/mol. The quantitative estimate of drug-likeness (QED) is 0.584. The Kier molecular flexibility index (Phi) is 6.21. The normalized spacial score (nSPS) is 10.6. The Hall–Kier alpha value is -2.28. The first kappa shape index (κ1) is 19.5. The highest BCUT2D eigenvalue weighted by Crippen LogP contribution is 2.43. The predicted octanol–water partition coefficient (Wildman–Crippen LogP) is 4.69. The summed E-state index contributed by atoms with van der Waals surface area (Å²) in [4.78, 5) is 24.4. The third kappa shape index (κ3) is 4.35. The van der Waals surface area contributed by atoms with Crippen molar-refractivity contribution in [1.82, 2.24) is 5.32 Å². The second-order valence-electron chi connectivity index (χ2n) is 5.54. The van der Waals surface area contributed by atoms with Crippen molar-refractivity contribution >= 4 is 56.5 Å². The first-order valence-corrected chi connectivity index (χ1v) is 9.50. The molecule has 0 aliphatic carbocycles. The Bertz CT molecular complexity index is 988. The summed E-state index contributed by atoms with van der Waals surface area (Å²) in [6.07, 6.45) is 0. The third-order valence-electron chi connectivity index (χ3n) is 3.77. The highest BCUT2D eigenvalue weighted by Gasteiger charge is 2.22. The molecule has 3 aromatic rings. The maximum atomic E-state index is 12.3. The van der Waals surface area contributed by atoms with E-state index in [0.717, 1.165) is 16.9 Å². The van der Waals surface area contributed by atoms with Gasteiger partial charge in [0.05, 0.1) is 16.8 Å². The van der Waals surface area contributed by atoms with Crippen molar-refractivity contribution < 1.29 is 19.1 Å². The number of hydrogen-bond donors (Lipinski definition) is 1. The second-order valence-corrected chi connectivity index (χ2v) is 7.32. The number of carbonyl (C=O) groups is 2. The average molecular weight is 424 g/mol. The van der Waals surface area contributed by atoms with E-state index in [4.69, 9.17) is 32.7 Å². The van der Waals surface area contributed by atoms with E-state index in [2.05, 4.69) is 5.32 Å². The number of benzene rings is 2. The van der Waals surface area contributed by atoms with E-state index in [1.54, 1.807) is 12.1 Å². The molecule has 0 unspecified atom stereocenters. The first-order chi connectivity index (χ1) is 13.0. The van der Waals surface area contributed by atoms with Gasteiger partial charge in [-0.2, -0.15) is 0 Å². The van der Waals surface area contributed by atoms with Gasteiger partial charge in [-0.15, -0.1) is 11.3 Å². The molecule has 2 aromatic carbocycles. The molecule has 0 spiro atoms. The fourth-order valence-electron chi connectivity index (χ4n) is 2.41. The van der Waals surface area contributed by atoms with Gasteiger partial charge in [-0.25, -0.2) is 4.79 Å². The summed E-state index contributed by atoms with van der Waals surface area (Å²) in [6, 6.07) is 12.8. The molecule has 5 nitrogen and oxygen atoms in total. The SMILES string of the molecule is COc1ccc2c(Cl)c(C(=O)OCC(=O)NCc3ccccc3)sc2c1Cl. The number of esters is 1. The average Bonchev–Trinajstić information content (AvgIpc) is 3.03. The number of halogens is 2. The van der Waals surface area contributed by atoms with Crippen LogP contribution in [0.2, 0.25) is 10.0 Å². The smallest absolute Gasteiger partial charge is 0.350 e. The van der Waals surface area contributed by atoms with Crippen molar-refractivity contribution in [1.29, 1.82) is 0 Å². The van der Waals surface area contributed by atoms with Crippen LogP contribution < -0.4 is 10.1 Å². The van der Waals surface area contributed by atoms with Crippen LogP contribution in [0.25, 0.3) is 10.1 Å². The van der Waals surface area contributed by atoms with E-state index in [0.29, 0.717) is 27.4 Å². The topological polar surface area (TPSA) is 64.6 Å². The molecular weight excluding hydrogens is 409 g/mol. The summed E-state index contributed by atoms with van der Waals surface area (Å²) in [5.74, 6) is -0.586. The molecule has 1 amide bonds. The lowest BCUT2D eigenvalue weighted by Crippen LogP contribution is -2.28. The molecule has 0 aliphatic rings. The zero-order valence-corrected chi connectivity index (χ0v) is 16.6. The molecule has 1 aromatic heterocycles. The third-order valence-corrected chi connectivity index (χ3v) is 5.97. The number of carbonyl (C=O) groups excluding carboxylic acids is 2. The molecule has 0 bridgehead atoms. The molecular formula is C19H15Cl2NO4S. The van der Waals surface area contributed by atoms with E-state index in [-0.39, 0.29) is 9.90 Å². The lowest BCUT2D eigenvalue weighted by Gasteiger charge is -2.06. The summed E-state index contributed by atoms with van der Waals surface area (Å²) in [5, 5.41) is 3.94. The van der Waals surface area contributed by atoms with E-state index in [9.17, 15) is 9.59 Å². The maximum Gasteiger partial charge on any atom is 0.350 e. The van der Waals surface area contributed by atoms with Crippen LogP contribution >= 0.6 is 34.5 Å². The number of fused-ring (bicyclic) bond motifs is 1. The van der Waals surface area contributed by atoms with Crippen LogP contribution in [0.4, 0.5) is 0 Å². The Morgan fingerprint density at radius 2 is 1.81 bits per heavy atom.